The van der Waals surface area contributed by atoms with Gasteiger partial charge in [0, 0.05) is 47.6 Å². The highest BCUT2D eigenvalue weighted by Crippen LogP contribution is 2.58. The van der Waals surface area contributed by atoms with E-state index in [4.69, 9.17) is 19.6 Å². The highest BCUT2D eigenvalue weighted by atomic mass is 16.6. The van der Waals surface area contributed by atoms with Gasteiger partial charge >= 0.3 is 6.09 Å². The number of carbonyl (C=O) groups is 2. The lowest BCUT2D eigenvalue weighted by Gasteiger charge is -2.55. The first-order chi connectivity index (χ1) is 24.2. The maximum absolute atomic E-state index is 14.7. The second-order valence-electron chi connectivity index (χ2n) is 17.5. The standard InChI is InChI=1S/C40H56N6O5/c1-27-19-30(21-42-34(27)50-6)40-15-12-39(13-16-40,14-17-40)26-45(33-20-29(11-18-41-33)38(5)24-43-46(25-38)37(2,3)4)35(48)28-7-9-32(10-8-28)51-36(49)44-22-31(47)23-44/h11,18-21,24,28,31-32,47H,7-10,12-17,22-23,25-26H2,1-6H3. The Bertz CT molecular complexity index is 1630. The minimum atomic E-state index is -0.460. The number of hydrazone groups is 1. The van der Waals surface area contributed by atoms with Crippen molar-refractivity contribution in [2.75, 3.05) is 38.2 Å². The molecule has 2 aromatic rings. The number of likely N-dealkylation sites (tertiary alicyclic amines) is 1. The van der Waals surface area contributed by atoms with Crippen LogP contribution in [0.2, 0.25) is 0 Å². The van der Waals surface area contributed by atoms with Crippen LogP contribution in [0.25, 0.3) is 0 Å². The number of ether oxygens (including phenoxy) is 2. The molecule has 0 radical (unpaired) electrons. The number of aryl methyl sites for hydroxylation is 1. The quantitative estimate of drug-likeness (QED) is 0.349. The third-order valence-corrected chi connectivity index (χ3v) is 12.8. The fraction of sp³-hybridized carbons (Fsp3) is 0.675. The summed E-state index contributed by atoms with van der Waals surface area (Å²) in [4.78, 5) is 40.3. The van der Waals surface area contributed by atoms with Gasteiger partial charge < -0.3 is 19.5 Å². The number of hydrogen-bond acceptors (Lipinski definition) is 9. The summed E-state index contributed by atoms with van der Waals surface area (Å²) in [6, 6.07) is 6.47. The van der Waals surface area contributed by atoms with Gasteiger partial charge in [0.2, 0.25) is 11.8 Å². The lowest BCUT2D eigenvalue weighted by Crippen LogP contribution is -2.54. The molecule has 2 aromatic heterocycles. The number of methoxy groups -OCH3 is 1. The van der Waals surface area contributed by atoms with Crippen molar-refractivity contribution in [3.8, 4) is 5.88 Å². The van der Waals surface area contributed by atoms with E-state index < -0.39 is 6.10 Å². The van der Waals surface area contributed by atoms with Gasteiger partial charge in [-0.3, -0.25) is 14.7 Å². The maximum atomic E-state index is 14.7. The van der Waals surface area contributed by atoms with Crippen molar-refractivity contribution in [3.63, 3.8) is 0 Å². The van der Waals surface area contributed by atoms with Crippen LogP contribution >= 0.6 is 0 Å². The van der Waals surface area contributed by atoms with Gasteiger partial charge in [-0.25, -0.2) is 14.8 Å². The minimum absolute atomic E-state index is 0.0281. The van der Waals surface area contributed by atoms with Crippen LogP contribution < -0.4 is 9.64 Å². The number of β-amino-alcohol motifs (C(OH)–C–C–N with tert-alkyl or cyclic N) is 1. The molecule has 51 heavy (non-hydrogen) atoms. The number of anilines is 1. The highest BCUT2D eigenvalue weighted by molar-refractivity contribution is 5.94. The smallest absolute Gasteiger partial charge is 0.410 e. The van der Waals surface area contributed by atoms with E-state index in [1.54, 1.807) is 7.11 Å². The first-order valence-corrected chi connectivity index (χ1v) is 19.0. The molecule has 4 heterocycles. The zero-order valence-corrected chi connectivity index (χ0v) is 31.4. The Morgan fingerprint density at radius 2 is 1.69 bits per heavy atom. The molecule has 4 saturated carbocycles. The Morgan fingerprint density at radius 1 is 1.00 bits per heavy atom. The van der Waals surface area contributed by atoms with Gasteiger partial charge in [0.25, 0.3) is 0 Å². The van der Waals surface area contributed by atoms with Gasteiger partial charge in [0.15, 0.2) is 0 Å². The molecule has 6 aliphatic rings. The van der Waals surface area contributed by atoms with Crippen LogP contribution in [0.3, 0.4) is 0 Å². The van der Waals surface area contributed by atoms with E-state index in [0.29, 0.717) is 51.2 Å². The molecule has 276 valence electrons. The fourth-order valence-electron chi connectivity index (χ4n) is 9.16. The number of hydrogen-bond donors (Lipinski definition) is 1. The number of aliphatic hydroxyl groups is 1. The first-order valence-electron chi connectivity index (χ1n) is 19.0. The highest BCUT2D eigenvalue weighted by Gasteiger charge is 2.51. The van der Waals surface area contributed by atoms with E-state index in [2.05, 4.69) is 62.8 Å². The Balaban J connectivity index is 1.10. The molecule has 2 amide bonds. The summed E-state index contributed by atoms with van der Waals surface area (Å²) >= 11 is 0. The van der Waals surface area contributed by atoms with Crippen LogP contribution in [0.15, 0.2) is 35.7 Å². The molecular formula is C40H56N6O5. The predicted molar refractivity (Wildman–Crippen MR) is 196 cm³/mol. The molecule has 2 bridgehead atoms. The van der Waals surface area contributed by atoms with Crippen molar-refractivity contribution in [2.24, 2.45) is 16.4 Å². The van der Waals surface area contributed by atoms with Crippen molar-refractivity contribution < 1.29 is 24.2 Å². The number of pyridine rings is 2. The zero-order chi connectivity index (χ0) is 36.2. The van der Waals surface area contributed by atoms with Crippen molar-refractivity contribution in [3.05, 3.63) is 47.3 Å². The van der Waals surface area contributed by atoms with E-state index in [0.717, 1.165) is 62.0 Å². The summed E-state index contributed by atoms with van der Waals surface area (Å²) in [5.74, 6) is 1.38. The molecule has 8 rings (SSSR count). The van der Waals surface area contributed by atoms with Gasteiger partial charge in [0.1, 0.15) is 11.9 Å². The molecule has 1 unspecified atom stereocenters. The lowest BCUT2D eigenvalue weighted by atomic mass is 9.52. The molecular weight excluding hydrogens is 644 g/mol. The molecule has 0 aromatic carbocycles. The van der Waals surface area contributed by atoms with Crippen LogP contribution in [0, 0.1) is 18.3 Å². The van der Waals surface area contributed by atoms with E-state index in [1.807, 2.05) is 23.5 Å². The molecule has 1 saturated heterocycles. The summed E-state index contributed by atoms with van der Waals surface area (Å²) in [6.45, 7) is 12.9. The molecule has 11 nitrogen and oxygen atoms in total. The minimum Gasteiger partial charge on any atom is -0.481 e. The van der Waals surface area contributed by atoms with Crippen molar-refractivity contribution in [1.82, 2.24) is 19.9 Å². The molecule has 0 spiro atoms. The molecule has 11 heteroatoms. The van der Waals surface area contributed by atoms with Gasteiger partial charge in [-0.15, -0.1) is 0 Å². The number of amides is 2. The Hall–Kier alpha value is -3.73. The van der Waals surface area contributed by atoms with Crippen molar-refractivity contribution >= 4 is 24.0 Å². The Labute approximate surface area is 302 Å². The number of nitrogens with zero attached hydrogens (tertiary/aromatic N) is 6. The summed E-state index contributed by atoms with van der Waals surface area (Å²) in [5, 5.41) is 16.5. The summed E-state index contributed by atoms with van der Waals surface area (Å²) in [7, 11) is 1.67. The number of aromatic nitrogens is 2. The monoisotopic (exact) mass is 700 g/mol. The van der Waals surface area contributed by atoms with Gasteiger partial charge in [-0.05, 0) is 139 Å². The predicted octanol–water partition coefficient (Wildman–Crippen LogP) is 6.15. The second-order valence-corrected chi connectivity index (χ2v) is 17.5. The largest absolute Gasteiger partial charge is 0.481 e. The normalized spacial score (nSPS) is 30.6. The number of fused-ring (bicyclic) bond motifs is 3. The van der Waals surface area contributed by atoms with E-state index >= 15 is 0 Å². The van der Waals surface area contributed by atoms with Crippen molar-refractivity contribution in [2.45, 2.75) is 127 Å². The molecule has 4 aliphatic carbocycles. The number of aliphatic hydroxyl groups excluding tert-OH is 1. The second kappa shape index (κ2) is 13.4. The molecule has 1 atom stereocenters. The summed E-state index contributed by atoms with van der Waals surface area (Å²) in [5.41, 5.74) is 3.26. The maximum Gasteiger partial charge on any atom is 0.410 e. The summed E-state index contributed by atoms with van der Waals surface area (Å²) in [6.07, 6.45) is 13.9. The molecule has 2 aliphatic heterocycles. The average molecular weight is 701 g/mol. The van der Waals surface area contributed by atoms with Crippen LogP contribution in [0.4, 0.5) is 10.6 Å². The first kappa shape index (κ1) is 35.7. The van der Waals surface area contributed by atoms with E-state index in [-0.39, 0.29) is 45.8 Å². The zero-order valence-electron chi connectivity index (χ0n) is 31.4. The lowest BCUT2D eigenvalue weighted by molar-refractivity contribution is -0.124. The van der Waals surface area contributed by atoms with Crippen LogP contribution in [0.1, 0.15) is 109 Å². The number of rotatable bonds is 8. The average Bonchev–Trinajstić information content (AvgIpc) is 3.54. The fourth-order valence-corrected chi connectivity index (χ4v) is 9.16. The third kappa shape index (κ3) is 6.94. The topological polar surface area (TPSA) is 121 Å². The number of carbonyl (C=O) groups excluding carboxylic acids is 2. The Kier molecular flexibility index (Phi) is 9.34. The van der Waals surface area contributed by atoms with Gasteiger partial charge in [-0.1, -0.05) is 0 Å². The summed E-state index contributed by atoms with van der Waals surface area (Å²) < 4.78 is 11.2. The van der Waals surface area contributed by atoms with Crippen LogP contribution in [-0.2, 0) is 20.4 Å². The van der Waals surface area contributed by atoms with Gasteiger partial charge in [-0.2, -0.15) is 5.10 Å². The van der Waals surface area contributed by atoms with Crippen LogP contribution in [-0.4, -0.2) is 94.2 Å². The third-order valence-electron chi connectivity index (χ3n) is 12.8. The SMILES string of the molecule is COc1ncc(C23CCC(CN(C(=O)C4CCC(OC(=O)N5CC(O)C5)CC4)c4cc(C5(C)C=NN(C(C)(C)C)C5)ccn4)(CC2)CC3)cc1C. The van der Waals surface area contributed by atoms with Gasteiger partial charge in [0.05, 0.1) is 32.8 Å². The van der Waals surface area contributed by atoms with Crippen molar-refractivity contribution in [1.29, 1.82) is 0 Å². The molecule has 5 fully saturated rings. The Morgan fingerprint density at radius 3 is 2.27 bits per heavy atom. The molecule has 1 N–H and O–H groups in total. The van der Waals surface area contributed by atoms with E-state index in [1.165, 1.54) is 10.5 Å². The van der Waals surface area contributed by atoms with Crippen LogP contribution in [0.5, 0.6) is 5.88 Å². The van der Waals surface area contributed by atoms with E-state index in [9.17, 15) is 14.7 Å².